The minimum atomic E-state index is -0.0423. The third-order valence-electron chi connectivity index (χ3n) is 4.81. The van der Waals surface area contributed by atoms with Gasteiger partial charge in [0, 0.05) is 37.3 Å². The van der Waals surface area contributed by atoms with Gasteiger partial charge in [0.25, 0.3) is 0 Å². The molecule has 100 valence electrons. The second kappa shape index (κ2) is 4.87. The molecular formula is C14H28N2O. The van der Waals surface area contributed by atoms with Crippen molar-refractivity contribution < 1.29 is 5.11 Å². The van der Waals surface area contributed by atoms with E-state index in [1.165, 1.54) is 19.4 Å². The Balaban J connectivity index is 1.89. The molecule has 0 aromatic heterocycles. The summed E-state index contributed by atoms with van der Waals surface area (Å²) >= 11 is 0. The van der Waals surface area contributed by atoms with Crippen molar-refractivity contribution in [2.45, 2.75) is 58.2 Å². The lowest BCUT2D eigenvalue weighted by molar-refractivity contribution is -0.111. The van der Waals surface area contributed by atoms with Crippen LogP contribution in [-0.4, -0.2) is 58.8 Å². The first-order chi connectivity index (χ1) is 7.97. The van der Waals surface area contributed by atoms with Gasteiger partial charge in [0.2, 0.25) is 0 Å². The Bertz CT molecular complexity index is 255. The number of aliphatic hydroxyl groups is 1. The monoisotopic (exact) mass is 240 g/mol. The van der Waals surface area contributed by atoms with Crippen molar-refractivity contribution in [2.24, 2.45) is 5.92 Å². The van der Waals surface area contributed by atoms with Crippen molar-refractivity contribution in [3.05, 3.63) is 0 Å². The van der Waals surface area contributed by atoms with E-state index < -0.39 is 0 Å². The van der Waals surface area contributed by atoms with Gasteiger partial charge >= 0.3 is 0 Å². The van der Waals surface area contributed by atoms with E-state index in [4.69, 9.17) is 0 Å². The van der Waals surface area contributed by atoms with Crippen LogP contribution in [0.5, 0.6) is 0 Å². The molecule has 3 rings (SSSR count). The van der Waals surface area contributed by atoms with Gasteiger partial charge in [-0.1, -0.05) is 20.3 Å². The molecule has 0 aromatic carbocycles. The van der Waals surface area contributed by atoms with E-state index in [1.807, 2.05) is 0 Å². The predicted octanol–water partition coefficient (Wildman–Crippen LogP) is 1.56. The normalized spacial score (nSPS) is 32.3. The van der Waals surface area contributed by atoms with Crippen molar-refractivity contribution in [3.63, 3.8) is 0 Å². The van der Waals surface area contributed by atoms with Crippen LogP contribution >= 0.6 is 0 Å². The molecule has 17 heavy (non-hydrogen) atoms. The van der Waals surface area contributed by atoms with Crippen molar-refractivity contribution in [2.75, 3.05) is 26.2 Å². The maximum absolute atomic E-state index is 9.44. The summed E-state index contributed by atoms with van der Waals surface area (Å²) in [5, 5.41) is 9.44. The molecule has 3 aliphatic rings. The first kappa shape index (κ1) is 13.3. The van der Waals surface area contributed by atoms with E-state index in [0.29, 0.717) is 0 Å². The van der Waals surface area contributed by atoms with Gasteiger partial charge in [0.1, 0.15) is 0 Å². The molecule has 0 spiro atoms. The van der Waals surface area contributed by atoms with Crippen molar-refractivity contribution in [1.29, 1.82) is 0 Å². The van der Waals surface area contributed by atoms with E-state index in [-0.39, 0.29) is 12.1 Å². The number of piperazine rings is 1. The molecule has 0 aromatic rings. The molecule has 3 heterocycles. The molecule has 3 aliphatic heterocycles. The summed E-state index contributed by atoms with van der Waals surface area (Å²) in [5.74, 6) is 0.817. The minimum absolute atomic E-state index is 0.0423. The summed E-state index contributed by atoms with van der Waals surface area (Å²) in [6, 6.07) is 1.49. The lowest BCUT2D eigenvalue weighted by Gasteiger charge is -2.60. The predicted molar refractivity (Wildman–Crippen MR) is 71.1 cm³/mol. The Kier molecular flexibility index (Phi) is 3.81. The van der Waals surface area contributed by atoms with Gasteiger partial charge in [0.05, 0.1) is 6.61 Å². The molecule has 1 N–H and O–H groups in total. The van der Waals surface area contributed by atoms with Gasteiger partial charge in [-0.05, 0) is 26.2 Å². The highest BCUT2D eigenvalue weighted by Gasteiger charge is 2.47. The minimum Gasteiger partial charge on any atom is -0.394 e. The molecule has 0 radical (unpaired) electrons. The zero-order valence-electron chi connectivity index (χ0n) is 11.8. The molecule has 3 unspecified atom stereocenters. The Morgan fingerprint density at radius 3 is 2.35 bits per heavy atom. The average molecular weight is 240 g/mol. The van der Waals surface area contributed by atoms with Gasteiger partial charge in [-0.3, -0.25) is 9.80 Å². The topological polar surface area (TPSA) is 26.7 Å². The SMILES string of the molecule is CCC(C)CN1C2CC1CN(C(C)(C)CO)C2. The number of aliphatic hydroxyl groups excluding tert-OH is 1. The van der Waals surface area contributed by atoms with E-state index in [2.05, 4.69) is 37.5 Å². The van der Waals surface area contributed by atoms with Crippen molar-refractivity contribution in [3.8, 4) is 0 Å². The molecule has 0 saturated carbocycles. The van der Waals surface area contributed by atoms with Gasteiger partial charge in [-0.25, -0.2) is 0 Å². The molecule has 3 nitrogen and oxygen atoms in total. The molecule has 3 heteroatoms. The standard InChI is InChI=1S/C14H28N2O/c1-5-11(2)7-16-12-6-13(16)9-15(8-12)14(3,4)10-17/h11-13,17H,5-10H2,1-4H3. The third kappa shape index (κ3) is 2.51. The van der Waals surface area contributed by atoms with Crippen LogP contribution in [-0.2, 0) is 0 Å². The number of piperidine rings is 1. The highest BCUT2D eigenvalue weighted by Crippen LogP contribution is 2.35. The van der Waals surface area contributed by atoms with E-state index >= 15 is 0 Å². The van der Waals surface area contributed by atoms with Crippen LogP contribution in [0.4, 0.5) is 0 Å². The largest absolute Gasteiger partial charge is 0.394 e. The maximum atomic E-state index is 9.44. The smallest absolute Gasteiger partial charge is 0.0610 e. The highest BCUT2D eigenvalue weighted by atomic mass is 16.3. The quantitative estimate of drug-likeness (QED) is 0.790. The fourth-order valence-electron chi connectivity index (χ4n) is 3.07. The van der Waals surface area contributed by atoms with Crippen molar-refractivity contribution in [1.82, 2.24) is 9.80 Å². The van der Waals surface area contributed by atoms with Crippen LogP contribution in [0.1, 0.15) is 40.5 Å². The lowest BCUT2D eigenvalue weighted by Crippen LogP contribution is -2.72. The molecular weight excluding hydrogens is 212 g/mol. The van der Waals surface area contributed by atoms with Gasteiger partial charge < -0.3 is 5.11 Å². The highest BCUT2D eigenvalue weighted by molar-refractivity contribution is 5.04. The summed E-state index contributed by atoms with van der Waals surface area (Å²) in [4.78, 5) is 5.16. The Morgan fingerprint density at radius 2 is 1.88 bits per heavy atom. The first-order valence-electron chi connectivity index (χ1n) is 7.09. The number of nitrogens with zero attached hydrogens (tertiary/aromatic N) is 2. The summed E-state index contributed by atoms with van der Waals surface area (Å²) in [7, 11) is 0. The van der Waals surface area contributed by atoms with Gasteiger partial charge in [0.15, 0.2) is 0 Å². The Morgan fingerprint density at radius 1 is 1.29 bits per heavy atom. The average Bonchev–Trinajstić information content (AvgIpc) is 2.35. The van der Waals surface area contributed by atoms with Crippen LogP contribution in [0, 0.1) is 5.92 Å². The molecule has 3 saturated heterocycles. The second-order valence-corrected chi connectivity index (χ2v) is 6.63. The van der Waals surface area contributed by atoms with Crippen LogP contribution in [0.2, 0.25) is 0 Å². The van der Waals surface area contributed by atoms with E-state index in [1.54, 1.807) is 0 Å². The zero-order chi connectivity index (χ0) is 12.6. The number of hydrogen-bond acceptors (Lipinski definition) is 3. The van der Waals surface area contributed by atoms with E-state index in [9.17, 15) is 5.11 Å². The summed E-state index contributed by atoms with van der Waals surface area (Å²) in [5.41, 5.74) is -0.0423. The maximum Gasteiger partial charge on any atom is 0.0610 e. The van der Waals surface area contributed by atoms with Crippen LogP contribution < -0.4 is 0 Å². The molecule has 3 fully saturated rings. The Hall–Kier alpha value is -0.120. The van der Waals surface area contributed by atoms with E-state index in [0.717, 1.165) is 31.1 Å². The molecule has 0 aliphatic carbocycles. The van der Waals surface area contributed by atoms with Crippen LogP contribution in [0.15, 0.2) is 0 Å². The Labute approximate surface area is 106 Å². The molecule has 0 amide bonds. The van der Waals surface area contributed by atoms with Gasteiger partial charge in [-0.15, -0.1) is 0 Å². The fourth-order valence-corrected chi connectivity index (χ4v) is 3.07. The van der Waals surface area contributed by atoms with Crippen LogP contribution in [0.3, 0.4) is 0 Å². The van der Waals surface area contributed by atoms with Crippen molar-refractivity contribution >= 4 is 0 Å². The summed E-state index contributed by atoms with van der Waals surface area (Å²) < 4.78 is 0. The fraction of sp³-hybridized carbons (Fsp3) is 1.00. The third-order valence-corrected chi connectivity index (χ3v) is 4.81. The second-order valence-electron chi connectivity index (χ2n) is 6.63. The zero-order valence-corrected chi connectivity index (χ0v) is 11.8. The molecule has 2 bridgehead atoms. The number of fused-ring (bicyclic) bond motifs is 2. The number of rotatable bonds is 5. The summed E-state index contributed by atoms with van der Waals surface area (Å²) in [6.07, 6.45) is 2.65. The first-order valence-corrected chi connectivity index (χ1v) is 7.09. The number of hydrogen-bond donors (Lipinski definition) is 1. The van der Waals surface area contributed by atoms with Gasteiger partial charge in [-0.2, -0.15) is 0 Å². The lowest BCUT2D eigenvalue weighted by atomic mass is 9.83. The summed E-state index contributed by atoms with van der Waals surface area (Å²) in [6.45, 7) is 12.7. The van der Waals surface area contributed by atoms with Crippen LogP contribution in [0.25, 0.3) is 0 Å². The molecule has 3 atom stereocenters.